The average molecular weight is 372 g/mol. The molecule has 3 rings (SSSR count). The van der Waals surface area contributed by atoms with Gasteiger partial charge in [-0.3, -0.25) is 4.79 Å². The highest BCUT2D eigenvalue weighted by atomic mass is 16.2. The van der Waals surface area contributed by atoms with E-state index in [1.807, 2.05) is 17.0 Å². The van der Waals surface area contributed by atoms with Crippen LogP contribution in [-0.4, -0.2) is 56.5 Å². The summed E-state index contributed by atoms with van der Waals surface area (Å²) in [6.07, 6.45) is 4.30. The average Bonchev–Trinajstić information content (AvgIpc) is 3.40. The molecule has 0 aromatic heterocycles. The van der Waals surface area contributed by atoms with Gasteiger partial charge in [-0.25, -0.2) is 4.99 Å². The number of hydrogen-bond donors (Lipinski definition) is 2. The van der Waals surface area contributed by atoms with Crippen LogP contribution in [0.15, 0.2) is 29.3 Å². The maximum absolute atomic E-state index is 11.9. The van der Waals surface area contributed by atoms with Gasteiger partial charge in [-0.1, -0.05) is 12.1 Å². The van der Waals surface area contributed by atoms with Crippen LogP contribution >= 0.6 is 0 Å². The molecule has 0 bridgehead atoms. The molecule has 0 radical (unpaired) electrons. The van der Waals surface area contributed by atoms with E-state index in [0.717, 1.165) is 49.2 Å². The van der Waals surface area contributed by atoms with Crippen LogP contribution in [0.4, 0.5) is 5.69 Å². The van der Waals surface area contributed by atoms with E-state index in [4.69, 9.17) is 4.99 Å². The summed E-state index contributed by atoms with van der Waals surface area (Å²) in [6.45, 7) is 5.30. The Hall–Kier alpha value is -2.08. The molecule has 2 fully saturated rings. The molecular weight excluding hydrogens is 338 g/mol. The number of aliphatic imine (C=N–C) groups is 1. The molecule has 1 saturated heterocycles. The van der Waals surface area contributed by atoms with E-state index in [-0.39, 0.29) is 5.91 Å². The van der Waals surface area contributed by atoms with Gasteiger partial charge in [0.25, 0.3) is 0 Å². The van der Waals surface area contributed by atoms with Gasteiger partial charge < -0.3 is 20.4 Å². The highest BCUT2D eigenvalue weighted by Gasteiger charge is 2.32. The molecule has 1 aliphatic carbocycles. The molecule has 2 N–H and O–H groups in total. The second kappa shape index (κ2) is 9.22. The number of nitrogens with zero attached hydrogens (tertiary/aromatic N) is 3. The smallest absolute Gasteiger partial charge is 0.227 e. The predicted molar refractivity (Wildman–Crippen MR) is 111 cm³/mol. The third kappa shape index (κ3) is 5.45. The van der Waals surface area contributed by atoms with Crippen LogP contribution < -0.4 is 15.5 Å². The van der Waals surface area contributed by atoms with Gasteiger partial charge in [0.1, 0.15) is 0 Å². The molecule has 148 valence electrons. The highest BCUT2D eigenvalue weighted by molar-refractivity contribution is 5.95. The fourth-order valence-corrected chi connectivity index (χ4v) is 3.67. The Morgan fingerprint density at radius 3 is 2.56 bits per heavy atom. The second-order valence-electron chi connectivity index (χ2n) is 7.76. The number of rotatable bonds is 8. The van der Waals surface area contributed by atoms with E-state index in [9.17, 15) is 4.79 Å². The van der Waals surface area contributed by atoms with Gasteiger partial charge in [-0.05, 0) is 63.9 Å². The molecule has 1 aliphatic heterocycles. The van der Waals surface area contributed by atoms with Gasteiger partial charge in [0, 0.05) is 37.8 Å². The Balaban J connectivity index is 1.56. The number of anilines is 1. The molecule has 6 heteroatoms. The maximum atomic E-state index is 11.9. The van der Waals surface area contributed by atoms with Crippen molar-refractivity contribution in [2.24, 2.45) is 10.9 Å². The van der Waals surface area contributed by atoms with Crippen molar-refractivity contribution in [3.05, 3.63) is 29.8 Å². The van der Waals surface area contributed by atoms with Crippen molar-refractivity contribution in [3.8, 4) is 0 Å². The summed E-state index contributed by atoms with van der Waals surface area (Å²) in [5.74, 6) is 1.91. The first kappa shape index (κ1) is 19.7. The van der Waals surface area contributed by atoms with Gasteiger partial charge in [0.05, 0.1) is 6.54 Å². The molecule has 1 aromatic rings. The normalized spacial score (nSPS) is 18.9. The largest absolute Gasteiger partial charge is 0.357 e. The summed E-state index contributed by atoms with van der Waals surface area (Å²) < 4.78 is 0. The minimum Gasteiger partial charge on any atom is -0.357 e. The topological polar surface area (TPSA) is 60.0 Å². The number of hydrogen-bond acceptors (Lipinski definition) is 3. The number of benzene rings is 1. The van der Waals surface area contributed by atoms with E-state index in [2.05, 4.69) is 48.7 Å². The van der Waals surface area contributed by atoms with Gasteiger partial charge in [-0.15, -0.1) is 0 Å². The molecule has 1 amide bonds. The SMILES string of the molecule is CCNC(=NCc1ccc(N2CCCC2=O)cc1)NCC(C1CC1)N(C)C. The fourth-order valence-electron chi connectivity index (χ4n) is 3.67. The van der Waals surface area contributed by atoms with Gasteiger partial charge in [0.15, 0.2) is 5.96 Å². The molecule has 1 atom stereocenters. The molecule has 1 aromatic carbocycles. The molecule has 1 heterocycles. The first-order chi connectivity index (χ1) is 13.1. The van der Waals surface area contributed by atoms with Crippen LogP contribution in [0.3, 0.4) is 0 Å². The molecular formula is C21H33N5O. The maximum Gasteiger partial charge on any atom is 0.227 e. The lowest BCUT2D eigenvalue weighted by Gasteiger charge is -2.25. The van der Waals surface area contributed by atoms with Crippen LogP contribution in [-0.2, 0) is 11.3 Å². The summed E-state index contributed by atoms with van der Waals surface area (Å²) in [5, 5.41) is 6.84. The number of likely N-dealkylation sites (N-methyl/N-ethyl adjacent to an activating group) is 1. The quantitative estimate of drug-likeness (QED) is 0.543. The number of nitrogens with one attached hydrogen (secondary N) is 2. The van der Waals surface area contributed by atoms with Gasteiger partial charge >= 0.3 is 0 Å². The van der Waals surface area contributed by atoms with Crippen molar-refractivity contribution in [1.82, 2.24) is 15.5 Å². The fraction of sp³-hybridized carbons (Fsp3) is 0.619. The molecule has 2 aliphatic rings. The summed E-state index contributed by atoms with van der Waals surface area (Å²) in [7, 11) is 4.31. The zero-order chi connectivity index (χ0) is 19.2. The minimum absolute atomic E-state index is 0.227. The van der Waals surface area contributed by atoms with Crippen molar-refractivity contribution in [2.45, 2.75) is 45.2 Å². The third-order valence-corrected chi connectivity index (χ3v) is 5.39. The van der Waals surface area contributed by atoms with Crippen LogP contribution in [0.5, 0.6) is 0 Å². The monoisotopic (exact) mass is 371 g/mol. The Morgan fingerprint density at radius 2 is 2.00 bits per heavy atom. The Labute approximate surface area is 163 Å². The number of carbonyl (C=O) groups excluding carboxylic acids is 1. The Bertz CT molecular complexity index is 649. The second-order valence-corrected chi connectivity index (χ2v) is 7.76. The zero-order valence-corrected chi connectivity index (χ0v) is 16.9. The van der Waals surface area contributed by atoms with Crippen molar-refractivity contribution >= 4 is 17.6 Å². The van der Waals surface area contributed by atoms with E-state index in [1.54, 1.807) is 0 Å². The van der Waals surface area contributed by atoms with Crippen molar-refractivity contribution in [1.29, 1.82) is 0 Å². The van der Waals surface area contributed by atoms with E-state index < -0.39 is 0 Å². The molecule has 0 spiro atoms. The van der Waals surface area contributed by atoms with Crippen molar-refractivity contribution < 1.29 is 4.79 Å². The van der Waals surface area contributed by atoms with Crippen molar-refractivity contribution in [2.75, 3.05) is 38.6 Å². The summed E-state index contributed by atoms with van der Waals surface area (Å²) in [6, 6.07) is 8.76. The van der Waals surface area contributed by atoms with E-state index in [0.29, 0.717) is 19.0 Å². The molecule has 1 saturated carbocycles. The molecule has 6 nitrogen and oxygen atoms in total. The first-order valence-electron chi connectivity index (χ1n) is 10.2. The highest BCUT2D eigenvalue weighted by Crippen LogP contribution is 2.34. The van der Waals surface area contributed by atoms with E-state index >= 15 is 0 Å². The van der Waals surface area contributed by atoms with Crippen LogP contribution in [0, 0.1) is 5.92 Å². The summed E-state index contributed by atoms with van der Waals surface area (Å²) >= 11 is 0. The first-order valence-corrected chi connectivity index (χ1v) is 10.2. The summed E-state index contributed by atoms with van der Waals surface area (Å²) in [4.78, 5) is 20.8. The lowest BCUT2D eigenvalue weighted by molar-refractivity contribution is -0.117. The molecule has 1 unspecified atom stereocenters. The van der Waals surface area contributed by atoms with E-state index in [1.165, 1.54) is 12.8 Å². The summed E-state index contributed by atoms with van der Waals surface area (Å²) in [5.41, 5.74) is 2.14. The third-order valence-electron chi connectivity index (χ3n) is 5.39. The lowest BCUT2D eigenvalue weighted by Crippen LogP contribution is -2.46. The van der Waals surface area contributed by atoms with Gasteiger partial charge in [0.2, 0.25) is 5.91 Å². The van der Waals surface area contributed by atoms with Crippen molar-refractivity contribution in [3.63, 3.8) is 0 Å². The number of guanidine groups is 1. The Kier molecular flexibility index (Phi) is 6.72. The Morgan fingerprint density at radius 1 is 1.26 bits per heavy atom. The van der Waals surface area contributed by atoms with Crippen LogP contribution in [0.1, 0.15) is 38.2 Å². The standard InChI is InChI=1S/C21H33N5O/c1-4-22-21(24-15-19(25(2)3)17-9-10-17)23-14-16-7-11-18(12-8-16)26-13-5-6-20(26)27/h7-8,11-12,17,19H,4-6,9-10,13-15H2,1-3H3,(H2,22,23,24). The number of amides is 1. The zero-order valence-electron chi connectivity index (χ0n) is 16.9. The lowest BCUT2D eigenvalue weighted by atomic mass is 10.1. The van der Waals surface area contributed by atoms with Crippen LogP contribution in [0.25, 0.3) is 0 Å². The molecule has 27 heavy (non-hydrogen) atoms. The number of carbonyl (C=O) groups is 1. The van der Waals surface area contributed by atoms with Crippen LogP contribution in [0.2, 0.25) is 0 Å². The minimum atomic E-state index is 0.227. The predicted octanol–water partition coefficient (Wildman–Crippen LogP) is 2.21. The van der Waals surface area contributed by atoms with Gasteiger partial charge in [-0.2, -0.15) is 0 Å².